The average Bonchev–Trinajstić information content (AvgIpc) is 1.99. The van der Waals surface area contributed by atoms with Crippen LogP contribution in [-0.4, -0.2) is 29.0 Å². The summed E-state index contributed by atoms with van der Waals surface area (Å²) in [6.45, 7) is 0. The number of carboxylic acid groups (broad SMARTS) is 1. The minimum Gasteiger partial charge on any atom is -0.480 e. The van der Waals surface area contributed by atoms with Crippen LogP contribution in [0.5, 0.6) is 0 Å². The molecule has 0 aliphatic carbocycles. The van der Waals surface area contributed by atoms with Gasteiger partial charge in [-0.2, -0.15) is 11.8 Å². The van der Waals surface area contributed by atoms with Crippen molar-refractivity contribution in [3.8, 4) is 0 Å². The van der Waals surface area contributed by atoms with E-state index in [1.54, 1.807) is 0 Å². The highest BCUT2D eigenvalue weighted by Gasteiger charge is 2.08. The third-order valence-corrected chi connectivity index (χ3v) is 0.873. The van der Waals surface area contributed by atoms with Gasteiger partial charge < -0.3 is 10.8 Å². The summed E-state index contributed by atoms with van der Waals surface area (Å²) in [5.74, 6) is -1.47. The van der Waals surface area contributed by atoms with E-state index in [4.69, 9.17) is 17.7 Å². The molecule has 2 atom stereocenters. The summed E-state index contributed by atoms with van der Waals surface area (Å²) in [7, 11) is 0. The fraction of sp³-hybridized carbons (Fsp3) is 0.800. The third-order valence-electron chi connectivity index (χ3n) is 0.601. The number of carbonyl (C=O) groups is 1. The fourth-order valence-electron chi connectivity index (χ4n) is 0.184. The van der Waals surface area contributed by atoms with E-state index in [0.717, 1.165) is 0 Å². The van der Waals surface area contributed by atoms with E-state index in [1.165, 1.54) is 0 Å². The summed E-state index contributed by atoms with van der Waals surface area (Å²) >= 11 is 0.246. The number of hydrogen-bond acceptors (Lipinski definition) is 3. The molecule has 0 aromatic rings. The van der Waals surface area contributed by atoms with Gasteiger partial charge in [-0.25, -0.2) is 0 Å². The van der Waals surface area contributed by atoms with Crippen LogP contribution >= 0.6 is 11.8 Å². The van der Waals surface area contributed by atoms with Gasteiger partial charge in [-0.1, -0.05) is 0 Å². The third kappa shape index (κ3) is 4.29. The van der Waals surface area contributed by atoms with E-state index in [0.29, 0.717) is 0 Å². The molecule has 0 saturated heterocycles. The first-order valence-corrected chi connectivity index (χ1v) is 2.99. The Morgan fingerprint density at radius 1 is 2.22 bits per heavy atom. The highest BCUT2D eigenvalue weighted by atomic mass is 32.2. The normalized spacial score (nSPS) is 26.7. The minimum atomic E-state index is -2.31. The zero-order valence-corrected chi connectivity index (χ0v) is 5.39. The molecule has 0 radical (unpaired) electrons. The van der Waals surface area contributed by atoms with Gasteiger partial charge in [-0.15, -0.1) is 0 Å². The number of aliphatic carboxylic acids is 1. The Kier molecular flexibility index (Phi) is 1.68. The number of carboxylic acids is 1. The second kappa shape index (κ2) is 4.64. The summed E-state index contributed by atoms with van der Waals surface area (Å²) in [4.78, 5) is 10.4. The van der Waals surface area contributed by atoms with Crippen molar-refractivity contribution in [1.29, 1.82) is 0 Å². The van der Waals surface area contributed by atoms with Crippen LogP contribution in [0.4, 0.5) is 0 Å². The fourth-order valence-corrected chi connectivity index (χ4v) is 0.409. The predicted octanol–water partition coefficient (Wildman–Crippen LogP) is 0.151. The molecule has 0 amide bonds. The van der Waals surface area contributed by atoms with Crippen LogP contribution in [0.1, 0.15) is 13.3 Å². The average molecular weight is 154 g/mol. The molecule has 0 aromatic heterocycles. The second-order valence-electron chi connectivity index (χ2n) is 1.27. The highest BCUT2D eigenvalue weighted by Crippen LogP contribution is 1.97. The maximum Gasteiger partial charge on any atom is 0.320 e. The first-order chi connectivity index (χ1) is 6.18. The smallest absolute Gasteiger partial charge is 0.320 e. The molecular weight excluding hydrogens is 138 g/mol. The van der Waals surface area contributed by atoms with E-state index in [2.05, 4.69) is 0 Å². The summed E-state index contributed by atoms with van der Waals surface area (Å²) in [5.41, 5.74) is 2.75. The number of rotatable bonds is 4. The Morgan fingerprint density at radius 3 is 3.33 bits per heavy atom. The van der Waals surface area contributed by atoms with E-state index in [1.807, 2.05) is 0 Å². The molecule has 0 bridgehead atoms. The Labute approximate surface area is 65.6 Å². The summed E-state index contributed by atoms with van der Waals surface area (Å²) < 4.78 is 35.3. The van der Waals surface area contributed by atoms with Crippen LogP contribution in [-0.2, 0) is 4.79 Å². The lowest BCUT2D eigenvalue weighted by atomic mass is 10.2. The SMILES string of the molecule is [2H]C([2H])SC([2H])([2H])[C@@H]([2H])[C@H](N)C(=O)O. The van der Waals surface area contributed by atoms with Gasteiger partial charge in [0.25, 0.3) is 0 Å². The van der Waals surface area contributed by atoms with Crippen LogP contribution in [0.3, 0.4) is 0 Å². The van der Waals surface area contributed by atoms with E-state index < -0.39 is 30.3 Å². The lowest BCUT2D eigenvalue weighted by molar-refractivity contribution is -0.138. The molecule has 0 rings (SSSR count). The van der Waals surface area contributed by atoms with Crippen molar-refractivity contribution in [3.05, 3.63) is 0 Å². The van der Waals surface area contributed by atoms with Crippen molar-refractivity contribution in [1.82, 2.24) is 0 Å². The standard InChI is InChI=1S/C5H11NO2S/c1-9-3-2-4(6)5(7)8/h4H,2-3,6H2,1H3,(H,7,8)/t4-/m0/s1/i1D2,2D,3D2/t2-,4+/m1. The van der Waals surface area contributed by atoms with Gasteiger partial charge >= 0.3 is 5.97 Å². The molecule has 9 heavy (non-hydrogen) atoms. The molecular formula is C5H11NO2S. The predicted molar refractivity (Wildman–Crippen MR) is 38.6 cm³/mol. The molecule has 0 aromatic carbocycles. The van der Waals surface area contributed by atoms with Crippen molar-refractivity contribution >= 4 is 17.7 Å². The van der Waals surface area contributed by atoms with Gasteiger partial charge in [-0.3, -0.25) is 4.79 Å². The first-order valence-electron chi connectivity index (χ1n) is 4.84. The molecule has 0 aliphatic heterocycles. The molecule has 0 saturated carbocycles. The zero-order valence-electron chi connectivity index (χ0n) is 9.57. The van der Waals surface area contributed by atoms with Crippen molar-refractivity contribution < 1.29 is 16.8 Å². The summed E-state index contributed by atoms with van der Waals surface area (Å²) in [6, 6.07) is -1.66. The Bertz CT molecular complexity index is 214. The quantitative estimate of drug-likeness (QED) is 0.605. The Morgan fingerprint density at radius 2 is 2.89 bits per heavy atom. The largest absolute Gasteiger partial charge is 0.480 e. The molecule has 4 heteroatoms. The molecule has 54 valence electrons. The van der Waals surface area contributed by atoms with Gasteiger partial charge in [0.05, 0.1) is 0 Å². The van der Waals surface area contributed by atoms with Crippen LogP contribution in [0, 0.1) is 0 Å². The Balaban J connectivity index is 4.48. The summed E-state index contributed by atoms with van der Waals surface area (Å²) in [5, 5.41) is 8.44. The Hall–Kier alpha value is -0.220. The lowest BCUT2D eigenvalue weighted by Gasteiger charge is -2.02. The molecule has 0 unspecified atom stereocenters. The van der Waals surface area contributed by atoms with Gasteiger partial charge in [0, 0.05) is 6.85 Å². The minimum absolute atomic E-state index is 0.246. The molecule has 3 nitrogen and oxygen atoms in total. The van der Waals surface area contributed by atoms with E-state index in [9.17, 15) is 4.79 Å². The van der Waals surface area contributed by atoms with Gasteiger partial charge in [0.15, 0.2) is 0 Å². The summed E-state index contributed by atoms with van der Waals surface area (Å²) in [6.07, 6.45) is -3.22. The van der Waals surface area contributed by atoms with Gasteiger partial charge in [0.1, 0.15) is 6.04 Å². The number of nitrogens with two attached hydrogens (primary N) is 1. The highest BCUT2D eigenvalue weighted by molar-refractivity contribution is 7.98. The molecule has 0 aliphatic rings. The van der Waals surface area contributed by atoms with E-state index in [-0.39, 0.29) is 11.8 Å². The van der Waals surface area contributed by atoms with Gasteiger partial charge in [-0.05, 0) is 18.3 Å². The van der Waals surface area contributed by atoms with Crippen LogP contribution in [0.2, 0.25) is 0 Å². The molecule has 3 N–H and O–H groups in total. The lowest BCUT2D eigenvalue weighted by Crippen LogP contribution is -2.30. The maximum absolute atomic E-state index is 10.4. The van der Waals surface area contributed by atoms with E-state index >= 15 is 0 Å². The van der Waals surface area contributed by atoms with Crippen molar-refractivity contribution in [3.63, 3.8) is 0 Å². The molecule has 0 spiro atoms. The van der Waals surface area contributed by atoms with Crippen LogP contribution in [0.15, 0.2) is 0 Å². The topological polar surface area (TPSA) is 63.3 Å². The maximum atomic E-state index is 10.4. The van der Waals surface area contributed by atoms with Crippen LogP contribution in [0.25, 0.3) is 0 Å². The van der Waals surface area contributed by atoms with Gasteiger partial charge in [0.2, 0.25) is 0 Å². The van der Waals surface area contributed by atoms with Crippen molar-refractivity contribution in [2.45, 2.75) is 12.4 Å². The van der Waals surface area contributed by atoms with Crippen molar-refractivity contribution in [2.24, 2.45) is 5.73 Å². The van der Waals surface area contributed by atoms with Crippen molar-refractivity contribution in [2.75, 3.05) is 11.9 Å². The zero-order chi connectivity index (χ0) is 11.5. The molecule has 0 fully saturated rings. The second-order valence-corrected chi connectivity index (χ2v) is 1.74. The monoisotopic (exact) mass is 154 g/mol. The number of thioether (sulfide) groups is 1. The molecule has 0 heterocycles. The first kappa shape index (κ1) is 3.25. The van der Waals surface area contributed by atoms with Crippen LogP contribution < -0.4 is 5.73 Å². The number of hydrogen-bond donors (Lipinski definition) is 2.